The first-order chi connectivity index (χ1) is 14.2. The zero-order valence-corrected chi connectivity index (χ0v) is 16.0. The lowest BCUT2D eigenvalue weighted by Gasteiger charge is -2.17. The molecule has 2 aromatic carbocycles. The van der Waals surface area contributed by atoms with Gasteiger partial charge in [-0.2, -0.15) is 0 Å². The van der Waals surface area contributed by atoms with Crippen molar-refractivity contribution in [2.45, 2.75) is 32.2 Å². The Morgan fingerprint density at radius 2 is 1.60 bits per heavy atom. The summed E-state index contributed by atoms with van der Waals surface area (Å²) in [5, 5.41) is 2.74. The minimum absolute atomic E-state index is 0.0903. The zero-order valence-electron chi connectivity index (χ0n) is 16.0. The van der Waals surface area contributed by atoms with Crippen LogP contribution in [0.4, 0.5) is 13.2 Å². The standard InChI is InChI=1S/C21H19F3N2O4/c1-13(14-8-10-15(11-9-14)30-21(22,23)24)25-18(27)7-4-12-26-19(28)16-5-2-3-6-17(16)20(26)29/h2-3,5-6,8-11,13H,4,7,12H2,1H3,(H,25,27). The van der Waals surface area contributed by atoms with Crippen molar-refractivity contribution in [2.75, 3.05) is 6.54 Å². The number of amides is 3. The normalized spacial score (nSPS) is 14.5. The molecule has 0 aromatic heterocycles. The number of benzene rings is 2. The highest BCUT2D eigenvalue weighted by molar-refractivity contribution is 6.21. The SMILES string of the molecule is CC(NC(=O)CCCN1C(=O)c2ccccc2C1=O)c1ccc(OC(F)(F)F)cc1. The molecular weight excluding hydrogens is 401 g/mol. The first-order valence-electron chi connectivity index (χ1n) is 9.26. The van der Waals surface area contributed by atoms with Crippen LogP contribution >= 0.6 is 0 Å². The number of carbonyl (C=O) groups is 3. The summed E-state index contributed by atoms with van der Waals surface area (Å²) in [5.74, 6) is -1.38. The summed E-state index contributed by atoms with van der Waals surface area (Å²) < 4.78 is 40.4. The molecule has 0 saturated carbocycles. The molecule has 0 bridgehead atoms. The minimum atomic E-state index is -4.76. The van der Waals surface area contributed by atoms with E-state index < -0.39 is 12.4 Å². The number of nitrogens with one attached hydrogen (secondary N) is 1. The third-order valence-electron chi connectivity index (χ3n) is 4.65. The van der Waals surface area contributed by atoms with E-state index in [1.807, 2.05) is 0 Å². The summed E-state index contributed by atoms with van der Waals surface area (Å²) in [7, 11) is 0. The molecule has 1 aliphatic rings. The Balaban J connectivity index is 1.47. The van der Waals surface area contributed by atoms with Gasteiger partial charge < -0.3 is 10.1 Å². The van der Waals surface area contributed by atoms with E-state index in [0.29, 0.717) is 23.1 Å². The maximum absolute atomic E-state index is 12.3. The molecule has 1 aliphatic heterocycles. The van der Waals surface area contributed by atoms with Gasteiger partial charge in [-0.25, -0.2) is 0 Å². The molecule has 6 nitrogen and oxygen atoms in total. The van der Waals surface area contributed by atoms with Crippen LogP contribution in [0.1, 0.15) is 52.1 Å². The molecule has 9 heteroatoms. The number of fused-ring (bicyclic) bond motifs is 1. The van der Waals surface area contributed by atoms with Gasteiger partial charge >= 0.3 is 6.36 Å². The summed E-state index contributed by atoms with van der Waals surface area (Å²) in [5.41, 5.74) is 1.33. The smallest absolute Gasteiger partial charge is 0.406 e. The molecule has 1 atom stereocenters. The van der Waals surface area contributed by atoms with Crippen molar-refractivity contribution in [2.24, 2.45) is 0 Å². The van der Waals surface area contributed by atoms with Crippen LogP contribution < -0.4 is 10.1 Å². The van der Waals surface area contributed by atoms with Crippen LogP contribution in [-0.4, -0.2) is 35.5 Å². The summed E-state index contributed by atoms with van der Waals surface area (Å²) in [6.07, 6.45) is -4.38. The van der Waals surface area contributed by atoms with Gasteiger partial charge in [-0.15, -0.1) is 13.2 Å². The van der Waals surface area contributed by atoms with E-state index in [1.54, 1.807) is 31.2 Å². The molecule has 0 saturated heterocycles. The number of ether oxygens (including phenoxy) is 1. The predicted octanol–water partition coefficient (Wildman–Crippen LogP) is 3.84. The molecule has 158 valence electrons. The van der Waals surface area contributed by atoms with Gasteiger partial charge in [0, 0.05) is 13.0 Å². The fourth-order valence-electron chi connectivity index (χ4n) is 3.20. The van der Waals surface area contributed by atoms with Gasteiger partial charge in [0.2, 0.25) is 5.91 Å². The van der Waals surface area contributed by atoms with E-state index >= 15 is 0 Å². The van der Waals surface area contributed by atoms with E-state index in [0.717, 1.165) is 4.90 Å². The highest BCUT2D eigenvalue weighted by atomic mass is 19.4. The molecule has 1 N–H and O–H groups in total. The fourth-order valence-corrected chi connectivity index (χ4v) is 3.20. The summed E-state index contributed by atoms with van der Waals surface area (Å²) in [4.78, 5) is 37.9. The first-order valence-corrected chi connectivity index (χ1v) is 9.26. The van der Waals surface area contributed by atoms with E-state index in [4.69, 9.17) is 0 Å². The van der Waals surface area contributed by atoms with Crippen LogP contribution in [0.2, 0.25) is 0 Å². The summed E-state index contributed by atoms with van der Waals surface area (Å²) in [6, 6.07) is 11.3. The second-order valence-electron chi connectivity index (χ2n) is 6.82. The molecule has 3 rings (SSSR count). The topological polar surface area (TPSA) is 75.7 Å². The van der Waals surface area contributed by atoms with Gasteiger partial charge in [0.25, 0.3) is 11.8 Å². The lowest BCUT2D eigenvalue weighted by molar-refractivity contribution is -0.274. The first kappa shape index (κ1) is 21.4. The number of hydrogen-bond donors (Lipinski definition) is 1. The number of halogens is 3. The highest BCUT2D eigenvalue weighted by Gasteiger charge is 2.34. The monoisotopic (exact) mass is 420 g/mol. The number of carbonyl (C=O) groups excluding carboxylic acids is 3. The van der Waals surface area contributed by atoms with Crippen LogP contribution in [0.25, 0.3) is 0 Å². The van der Waals surface area contributed by atoms with Crippen molar-refractivity contribution in [3.8, 4) is 5.75 Å². The Morgan fingerprint density at radius 1 is 1.03 bits per heavy atom. The van der Waals surface area contributed by atoms with E-state index in [9.17, 15) is 27.6 Å². The molecule has 30 heavy (non-hydrogen) atoms. The second kappa shape index (κ2) is 8.56. The summed E-state index contributed by atoms with van der Waals surface area (Å²) >= 11 is 0. The Hall–Kier alpha value is -3.36. The van der Waals surface area contributed by atoms with Crippen LogP contribution in [-0.2, 0) is 4.79 Å². The van der Waals surface area contributed by atoms with Crippen LogP contribution in [0.3, 0.4) is 0 Å². The van der Waals surface area contributed by atoms with Crippen molar-refractivity contribution in [1.82, 2.24) is 10.2 Å². The third-order valence-corrected chi connectivity index (χ3v) is 4.65. The maximum Gasteiger partial charge on any atom is 0.573 e. The molecule has 0 spiro atoms. The average molecular weight is 420 g/mol. The van der Waals surface area contributed by atoms with Gasteiger partial charge in [-0.05, 0) is 43.2 Å². The van der Waals surface area contributed by atoms with Gasteiger partial charge in [0.15, 0.2) is 0 Å². The number of hydrogen-bond acceptors (Lipinski definition) is 4. The minimum Gasteiger partial charge on any atom is -0.406 e. The molecule has 1 unspecified atom stereocenters. The largest absolute Gasteiger partial charge is 0.573 e. The van der Waals surface area contributed by atoms with E-state index in [2.05, 4.69) is 10.1 Å². The van der Waals surface area contributed by atoms with E-state index in [-0.39, 0.29) is 36.4 Å². The Labute approximate surface area is 170 Å². The number of imide groups is 1. The number of nitrogens with zero attached hydrogens (tertiary/aromatic N) is 1. The molecular formula is C21H19F3N2O4. The second-order valence-corrected chi connectivity index (χ2v) is 6.82. The van der Waals surface area contributed by atoms with Crippen LogP contribution in [0.15, 0.2) is 48.5 Å². The predicted molar refractivity (Wildman–Crippen MR) is 101 cm³/mol. The maximum atomic E-state index is 12.3. The molecule has 3 amide bonds. The number of alkyl halides is 3. The highest BCUT2D eigenvalue weighted by Crippen LogP contribution is 2.25. The van der Waals surface area contributed by atoms with Gasteiger partial charge in [0.05, 0.1) is 17.2 Å². The van der Waals surface area contributed by atoms with Crippen LogP contribution in [0, 0.1) is 0 Å². The molecule has 0 aliphatic carbocycles. The molecule has 2 aromatic rings. The quantitative estimate of drug-likeness (QED) is 0.691. The molecule has 1 heterocycles. The van der Waals surface area contributed by atoms with Crippen molar-refractivity contribution >= 4 is 17.7 Å². The lowest BCUT2D eigenvalue weighted by Crippen LogP contribution is -2.32. The Kier molecular flexibility index (Phi) is 6.09. The third kappa shape index (κ3) is 4.97. The Bertz CT molecular complexity index is 922. The number of rotatable bonds is 7. The van der Waals surface area contributed by atoms with Crippen molar-refractivity contribution < 1.29 is 32.3 Å². The lowest BCUT2D eigenvalue weighted by atomic mass is 10.1. The fraction of sp³-hybridized carbons (Fsp3) is 0.286. The zero-order chi connectivity index (χ0) is 21.9. The molecule has 0 radical (unpaired) electrons. The Morgan fingerprint density at radius 3 is 2.13 bits per heavy atom. The van der Waals surface area contributed by atoms with Crippen molar-refractivity contribution in [3.05, 3.63) is 65.2 Å². The van der Waals surface area contributed by atoms with Gasteiger partial charge in [-0.1, -0.05) is 24.3 Å². The van der Waals surface area contributed by atoms with E-state index in [1.165, 1.54) is 24.3 Å². The van der Waals surface area contributed by atoms with Crippen molar-refractivity contribution in [1.29, 1.82) is 0 Å². The summed E-state index contributed by atoms with van der Waals surface area (Å²) in [6.45, 7) is 1.82. The average Bonchev–Trinajstić information content (AvgIpc) is 2.92. The molecule has 0 fully saturated rings. The van der Waals surface area contributed by atoms with Gasteiger partial charge in [-0.3, -0.25) is 19.3 Å². The van der Waals surface area contributed by atoms with Crippen LogP contribution in [0.5, 0.6) is 5.75 Å². The van der Waals surface area contributed by atoms with Gasteiger partial charge in [0.1, 0.15) is 5.75 Å². The van der Waals surface area contributed by atoms with Crippen molar-refractivity contribution in [3.63, 3.8) is 0 Å².